The number of benzene rings is 1. The molecule has 1 atom stereocenters. The third-order valence-electron chi connectivity index (χ3n) is 6.78. The van der Waals surface area contributed by atoms with Gasteiger partial charge in [0.05, 0.1) is 17.7 Å². The smallest absolute Gasteiger partial charge is 0.264 e. The van der Waals surface area contributed by atoms with E-state index in [9.17, 15) is 9.59 Å². The number of carbonyl (C=O) groups is 2. The molecule has 8 nitrogen and oxygen atoms in total. The van der Waals surface area contributed by atoms with Crippen molar-refractivity contribution in [2.24, 2.45) is 5.92 Å². The molecule has 1 aliphatic rings. The molecule has 2 amide bonds. The molecule has 2 aromatic heterocycles. The van der Waals surface area contributed by atoms with Crippen molar-refractivity contribution >= 4 is 29.0 Å². The van der Waals surface area contributed by atoms with Crippen molar-refractivity contribution in [2.75, 3.05) is 51.3 Å². The van der Waals surface area contributed by atoms with E-state index in [2.05, 4.69) is 28.9 Å². The fourth-order valence-corrected chi connectivity index (χ4v) is 5.04. The van der Waals surface area contributed by atoms with E-state index < -0.39 is 0 Å². The van der Waals surface area contributed by atoms with Gasteiger partial charge in [-0.25, -0.2) is 0 Å². The van der Waals surface area contributed by atoms with Crippen molar-refractivity contribution in [3.05, 3.63) is 58.8 Å². The van der Waals surface area contributed by atoms with E-state index in [1.165, 1.54) is 11.3 Å². The van der Waals surface area contributed by atoms with Gasteiger partial charge in [-0.05, 0) is 60.2 Å². The van der Waals surface area contributed by atoms with Gasteiger partial charge in [0.25, 0.3) is 5.91 Å². The van der Waals surface area contributed by atoms with Gasteiger partial charge in [0.2, 0.25) is 5.91 Å². The molecule has 37 heavy (non-hydrogen) atoms. The maximum Gasteiger partial charge on any atom is 0.264 e. The average Bonchev–Trinajstić information content (AvgIpc) is 3.36. The number of rotatable bonds is 9. The Morgan fingerprint density at radius 1 is 1.05 bits per heavy atom. The van der Waals surface area contributed by atoms with Crippen molar-refractivity contribution in [2.45, 2.75) is 26.7 Å². The first-order valence-electron chi connectivity index (χ1n) is 12.8. The molecule has 0 N–H and O–H groups in total. The highest BCUT2D eigenvalue weighted by atomic mass is 32.1. The molecule has 0 bridgehead atoms. The SMILES string of the molecule is CCC(C)CN(CC(=O)N1CCCN(c2ccc(-c3ccc(OC)cc3)nn2)CC1)C(=O)c1cccs1. The summed E-state index contributed by atoms with van der Waals surface area (Å²) in [7, 11) is 1.65. The Labute approximate surface area is 222 Å². The van der Waals surface area contributed by atoms with Crippen molar-refractivity contribution in [3.8, 4) is 17.0 Å². The largest absolute Gasteiger partial charge is 0.497 e. The first-order valence-corrected chi connectivity index (χ1v) is 13.7. The zero-order valence-corrected chi connectivity index (χ0v) is 22.6. The van der Waals surface area contributed by atoms with Gasteiger partial charge < -0.3 is 19.4 Å². The summed E-state index contributed by atoms with van der Waals surface area (Å²) in [4.78, 5) is 32.8. The summed E-state index contributed by atoms with van der Waals surface area (Å²) < 4.78 is 5.22. The molecule has 1 aliphatic heterocycles. The maximum atomic E-state index is 13.3. The van der Waals surface area contributed by atoms with E-state index in [-0.39, 0.29) is 18.4 Å². The Morgan fingerprint density at radius 3 is 2.51 bits per heavy atom. The summed E-state index contributed by atoms with van der Waals surface area (Å²) in [6, 6.07) is 15.4. The topological polar surface area (TPSA) is 78.9 Å². The van der Waals surface area contributed by atoms with E-state index in [1.807, 2.05) is 58.8 Å². The Morgan fingerprint density at radius 2 is 1.86 bits per heavy atom. The molecule has 3 aromatic rings. The number of hydrogen-bond donors (Lipinski definition) is 0. The predicted molar refractivity (Wildman–Crippen MR) is 147 cm³/mol. The van der Waals surface area contributed by atoms with E-state index in [4.69, 9.17) is 4.74 Å². The van der Waals surface area contributed by atoms with Crippen LogP contribution in [0.1, 0.15) is 36.4 Å². The van der Waals surface area contributed by atoms with Crippen LogP contribution in [0.25, 0.3) is 11.3 Å². The fraction of sp³-hybridized carbons (Fsp3) is 0.429. The molecule has 1 aromatic carbocycles. The highest BCUT2D eigenvalue weighted by Gasteiger charge is 2.26. The van der Waals surface area contributed by atoms with Gasteiger partial charge in [-0.1, -0.05) is 26.3 Å². The van der Waals surface area contributed by atoms with Crippen LogP contribution in [0, 0.1) is 5.92 Å². The lowest BCUT2D eigenvalue weighted by molar-refractivity contribution is -0.131. The van der Waals surface area contributed by atoms with Crippen molar-refractivity contribution in [1.82, 2.24) is 20.0 Å². The molecule has 196 valence electrons. The highest BCUT2D eigenvalue weighted by Crippen LogP contribution is 2.22. The summed E-state index contributed by atoms with van der Waals surface area (Å²) >= 11 is 1.42. The molecule has 1 fully saturated rings. The average molecular weight is 522 g/mol. The number of amides is 2. The summed E-state index contributed by atoms with van der Waals surface area (Å²) in [6.07, 6.45) is 1.79. The summed E-state index contributed by atoms with van der Waals surface area (Å²) in [5.74, 6) is 1.87. The Bertz CT molecular complexity index is 1150. The molecule has 0 spiro atoms. The van der Waals surface area contributed by atoms with Crippen LogP contribution in [-0.2, 0) is 4.79 Å². The fourth-order valence-electron chi connectivity index (χ4n) is 4.35. The second-order valence-electron chi connectivity index (χ2n) is 9.40. The molecule has 0 radical (unpaired) electrons. The lowest BCUT2D eigenvalue weighted by Crippen LogP contribution is -2.45. The van der Waals surface area contributed by atoms with Gasteiger partial charge in [-0.3, -0.25) is 9.59 Å². The van der Waals surface area contributed by atoms with Crippen LogP contribution in [0.5, 0.6) is 5.75 Å². The van der Waals surface area contributed by atoms with E-state index >= 15 is 0 Å². The standard InChI is InChI=1S/C28H35N5O3S/c1-4-21(2)19-33(28(35)25-7-5-18-37-25)20-27(34)32-15-6-14-31(16-17-32)26-13-12-24(29-30-26)22-8-10-23(36-3)11-9-22/h5,7-13,18,21H,4,6,14-17,19-20H2,1-3H3. The van der Waals surface area contributed by atoms with Gasteiger partial charge in [0, 0.05) is 38.3 Å². The van der Waals surface area contributed by atoms with Crippen LogP contribution in [0.15, 0.2) is 53.9 Å². The molecule has 4 rings (SSSR count). The van der Waals surface area contributed by atoms with Crippen LogP contribution in [-0.4, -0.2) is 78.2 Å². The lowest BCUT2D eigenvalue weighted by atomic mass is 10.1. The first-order chi connectivity index (χ1) is 18.0. The second kappa shape index (κ2) is 12.7. The molecule has 1 unspecified atom stereocenters. The van der Waals surface area contributed by atoms with Crippen LogP contribution >= 0.6 is 11.3 Å². The first kappa shape index (κ1) is 26.6. The van der Waals surface area contributed by atoms with Crippen molar-refractivity contribution < 1.29 is 14.3 Å². The lowest BCUT2D eigenvalue weighted by Gasteiger charge is -2.28. The normalized spacial score (nSPS) is 14.7. The van der Waals surface area contributed by atoms with Gasteiger partial charge in [-0.15, -0.1) is 21.5 Å². The summed E-state index contributed by atoms with van der Waals surface area (Å²) in [6.45, 7) is 7.63. The molecule has 1 saturated heterocycles. The van der Waals surface area contributed by atoms with Crippen LogP contribution in [0.2, 0.25) is 0 Å². The number of ether oxygens (including phenoxy) is 1. The van der Waals surface area contributed by atoms with Crippen LogP contribution in [0.3, 0.4) is 0 Å². The van der Waals surface area contributed by atoms with Gasteiger partial charge in [0.1, 0.15) is 12.3 Å². The number of carbonyl (C=O) groups excluding carboxylic acids is 2. The predicted octanol–water partition coefficient (Wildman–Crippen LogP) is 4.44. The quantitative estimate of drug-likeness (QED) is 0.414. The second-order valence-corrected chi connectivity index (χ2v) is 10.4. The van der Waals surface area contributed by atoms with E-state index in [0.717, 1.165) is 42.2 Å². The van der Waals surface area contributed by atoms with E-state index in [0.29, 0.717) is 37.0 Å². The monoisotopic (exact) mass is 521 g/mol. The minimum atomic E-state index is -0.0627. The number of nitrogens with zero attached hydrogens (tertiary/aromatic N) is 5. The van der Waals surface area contributed by atoms with Gasteiger partial charge in [0.15, 0.2) is 5.82 Å². The molecular weight excluding hydrogens is 486 g/mol. The number of methoxy groups -OCH3 is 1. The zero-order chi connectivity index (χ0) is 26.2. The minimum absolute atomic E-state index is 0.00371. The third kappa shape index (κ3) is 6.85. The Balaban J connectivity index is 1.37. The number of thiophene rings is 1. The number of hydrogen-bond acceptors (Lipinski definition) is 7. The molecule has 0 aliphatic carbocycles. The summed E-state index contributed by atoms with van der Waals surface area (Å²) in [5.41, 5.74) is 1.78. The van der Waals surface area contributed by atoms with Crippen molar-refractivity contribution in [3.63, 3.8) is 0 Å². The Hall–Kier alpha value is -3.46. The van der Waals surface area contributed by atoms with Crippen molar-refractivity contribution in [1.29, 1.82) is 0 Å². The van der Waals surface area contributed by atoms with Gasteiger partial charge in [-0.2, -0.15) is 0 Å². The molecule has 9 heteroatoms. The molecular formula is C28H35N5O3S. The number of anilines is 1. The molecule has 0 saturated carbocycles. The van der Waals surface area contributed by atoms with Crippen LogP contribution < -0.4 is 9.64 Å². The van der Waals surface area contributed by atoms with E-state index in [1.54, 1.807) is 12.0 Å². The van der Waals surface area contributed by atoms with Crippen LogP contribution in [0.4, 0.5) is 5.82 Å². The number of aromatic nitrogens is 2. The van der Waals surface area contributed by atoms with Gasteiger partial charge >= 0.3 is 0 Å². The third-order valence-corrected chi connectivity index (χ3v) is 7.64. The summed E-state index contributed by atoms with van der Waals surface area (Å²) in [5, 5.41) is 10.8. The maximum absolute atomic E-state index is 13.3. The zero-order valence-electron chi connectivity index (χ0n) is 21.8. The Kier molecular flexibility index (Phi) is 9.11. The molecule has 3 heterocycles. The minimum Gasteiger partial charge on any atom is -0.497 e. The highest BCUT2D eigenvalue weighted by molar-refractivity contribution is 7.12.